The number of hydrogen-bond acceptors (Lipinski definition) is 6. The maximum absolute atomic E-state index is 12.2. The van der Waals surface area contributed by atoms with Gasteiger partial charge in [0, 0.05) is 10.8 Å². The Bertz CT molecular complexity index is 1830. The molecule has 0 aliphatic heterocycles. The average Bonchev–Trinajstić information content (AvgIpc) is 3.16. The molecule has 9 heteroatoms. The van der Waals surface area contributed by atoms with Crippen molar-refractivity contribution in [1.29, 1.82) is 0 Å². The predicted molar refractivity (Wildman–Crippen MR) is 239 cm³/mol. The van der Waals surface area contributed by atoms with Gasteiger partial charge in [0.15, 0.2) is 0 Å². The molecule has 6 nitrogen and oxygen atoms in total. The van der Waals surface area contributed by atoms with Crippen molar-refractivity contribution in [1.82, 2.24) is 0 Å². The van der Waals surface area contributed by atoms with Crippen molar-refractivity contribution in [3.05, 3.63) is 82.9 Å². The van der Waals surface area contributed by atoms with Crippen LogP contribution in [0.4, 0.5) is 0 Å². The van der Waals surface area contributed by atoms with Gasteiger partial charge in [-0.05, 0) is 84.4 Å². The second-order valence-electron chi connectivity index (χ2n) is 15.7. The molecule has 0 aliphatic rings. The summed E-state index contributed by atoms with van der Waals surface area (Å²) in [7, 11) is -9.04. The van der Waals surface area contributed by atoms with Crippen LogP contribution < -0.4 is 0 Å². The van der Waals surface area contributed by atoms with Crippen LogP contribution >= 0.6 is 0 Å². The summed E-state index contributed by atoms with van der Waals surface area (Å²) in [5.41, 5.74) is 3.38. The first-order chi connectivity index (χ1) is 27.0. The maximum atomic E-state index is 12.2. The Hall–Kier alpha value is -1.21. The number of unbranched alkanes of at least 4 members (excludes halogenated alkanes) is 16. The van der Waals surface area contributed by atoms with Gasteiger partial charge in [0.2, 0.25) is 0 Å². The van der Waals surface area contributed by atoms with Crippen LogP contribution in [0.15, 0.2) is 70.5 Å². The third-order valence-electron chi connectivity index (χ3n) is 11.0. The maximum Gasteiger partial charge on any atom is 2.00 e. The summed E-state index contributed by atoms with van der Waals surface area (Å²) in [6, 6.07) is 19.4. The molecule has 4 aromatic carbocycles. The van der Waals surface area contributed by atoms with E-state index in [2.05, 4.69) is 27.7 Å². The molecule has 0 heterocycles. The molecule has 312 valence electrons. The van der Waals surface area contributed by atoms with Crippen molar-refractivity contribution < 1.29 is 25.9 Å². The Morgan fingerprint density at radius 3 is 0.930 bits per heavy atom. The minimum atomic E-state index is -4.52. The SMILES string of the molecule is CCCCCCCc1ccc2cccc(CCCCCCC)c2c1S(=O)(=O)[O-].CCCCCCCc1ccc2cccc(CCCCCCC)c2c1S(=O)(=O)[O-].[Ba+2]. The van der Waals surface area contributed by atoms with Gasteiger partial charge in [-0.1, -0.05) is 191 Å². The van der Waals surface area contributed by atoms with E-state index < -0.39 is 20.2 Å². The molecular formula is C48H70BaO6S2. The van der Waals surface area contributed by atoms with Gasteiger partial charge in [-0.3, -0.25) is 0 Å². The van der Waals surface area contributed by atoms with E-state index in [4.69, 9.17) is 0 Å². The molecule has 0 spiro atoms. The number of benzene rings is 4. The van der Waals surface area contributed by atoms with Crippen molar-refractivity contribution in [2.45, 2.75) is 192 Å². The fourth-order valence-corrected chi connectivity index (χ4v) is 9.96. The Labute approximate surface area is 387 Å². The van der Waals surface area contributed by atoms with E-state index in [1.165, 1.54) is 64.2 Å². The van der Waals surface area contributed by atoms with Gasteiger partial charge in [-0.2, -0.15) is 0 Å². The van der Waals surface area contributed by atoms with Crippen LogP contribution in [0, 0.1) is 0 Å². The topological polar surface area (TPSA) is 114 Å². The van der Waals surface area contributed by atoms with Crippen LogP contribution in [-0.2, 0) is 45.9 Å². The van der Waals surface area contributed by atoms with E-state index in [1.54, 1.807) is 0 Å². The summed E-state index contributed by atoms with van der Waals surface area (Å²) >= 11 is 0. The summed E-state index contributed by atoms with van der Waals surface area (Å²) in [6.45, 7) is 8.74. The van der Waals surface area contributed by atoms with Crippen LogP contribution in [0.2, 0.25) is 0 Å². The average molecular weight is 945 g/mol. The fourth-order valence-electron chi connectivity index (χ4n) is 7.98. The van der Waals surface area contributed by atoms with Crippen molar-refractivity contribution in [3.8, 4) is 0 Å². The standard InChI is InChI=1S/2C24H36O3S.Ba/c2*1-3-5-7-9-11-14-20-16-13-17-21-18-19-22(15-12-10-8-6-4-2)24(23(20)21)28(25,26)27;/h2*13,16-19H,3-12,14-15H2,1-2H3,(H,25,26,27);/q;;+2/p-2. The van der Waals surface area contributed by atoms with Crippen LogP contribution in [0.25, 0.3) is 21.5 Å². The molecule has 4 rings (SSSR count). The number of aryl methyl sites for hydroxylation is 4. The molecule has 0 fully saturated rings. The zero-order valence-corrected chi connectivity index (χ0v) is 41.8. The van der Waals surface area contributed by atoms with Gasteiger partial charge < -0.3 is 9.11 Å². The van der Waals surface area contributed by atoms with Gasteiger partial charge >= 0.3 is 48.9 Å². The fraction of sp³-hybridized carbons (Fsp3) is 0.583. The van der Waals surface area contributed by atoms with E-state index in [9.17, 15) is 25.9 Å². The van der Waals surface area contributed by atoms with E-state index in [0.29, 0.717) is 34.7 Å². The normalized spacial score (nSPS) is 11.8. The first-order valence-corrected chi connectivity index (χ1v) is 24.8. The number of rotatable bonds is 26. The molecule has 57 heavy (non-hydrogen) atoms. The zero-order chi connectivity index (χ0) is 40.8. The third-order valence-corrected chi connectivity index (χ3v) is 13.0. The van der Waals surface area contributed by atoms with Crippen molar-refractivity contribution >= 4 is 90.7 Å². The van der Waals surface area contributed by atoms with Gasteiger partial charge in [-0.25, -0.2) is 16.8 Å². The van der Waals surface area contributed by atoms with Crippen LogP contribution in [0.1, 0.15) is 178 Å². The van der Waals surface area contributed by atoms with Gasteiger partial charge in [0.25, 0.3) is 0 Å². The van der Waals surface area contributed by atoms with E-state index in [0.717, 1.165) is 98.9 Å². The zero-order valence-electron chi connectivity index (χ0n) is 35.7. The molecule has 0 aromatic heterocycles. The minimum Gasteiger partial charge on any atom is -0.744 e. The van der Waals surface area contributed by atoms with E-state index in [-0.39, 0.29) is 58.7 Å². The summed E-state index contributed by atoms with van der Waals surface area (Å²) < 4.78 is 73.3. The second-order valence-corrected chi connectivity index (χ2v) is 18.3. The molecule has 0 saturated heterocycles. The molecule has 0 atom stereocenters. The quantitative estimate of drug-likeness (QED) is 0.0352. The van der Waals surface area contributed by atoms with Gasteiger partial charge in [0.05, 0.1) is 9.79 Å². The third kappa shape index (κ3) is 17.7. The summed E-state index contributed by atoms with van der Waals surface area (Å²) in [5, 5.41) is 3.04. The molecule has 0 radical (unpaired) electrons. The molecule has 0 aliphatic carbocycles. The number of hydrogen-bond donors (Lipinski definition) is 0. The first-order valence-electron chi connectivity index (χ1n) is 22.0. The summed E-state index contributed by atoms with van der Waals surface area (Å²) in [5.74, 6) is 0. The Morgan fingerprint density at radius 2 is 0.649 bits per heavy atom. The Morgan fingerprint density at radius 1 is 0.368 bits per heavy atom. The first kappa shape index (κ1) is 51.9. The Balaban J connectivity index is 0.000000387. The molecule has 0 amide bonds. The monoisotopic (exact) mass is 944 g/mol. The van der Waals surface area contributed by atoms with E-state index in [1.807, 2.05) is 60.7 Å². The second kappa shape index (κ2) is 28.3. The van der Waals surface area contributed by atoms with Gasteiger partial charge in [-0.15, -0.1) is 0 Å². The van der Waals surface area contributed by atoms with Crippen LogP contribution in [0.5, 0.6) is 0 Å². The van der Waals surface area contributed by atoms with Crippen LogP contribution in [0.3, 0.4) is 0 Å². The predicted octanol–water partition coefficient (Wildman–Crippen LogP) is 13.2. The molecule has 0 saturated carbocycles. The summed E-state index contributed by atoms with van der Waals surface area (Å²) in [6.07, 6.45) is 25.6. The van der Waals surface area contributed by atoms with Gasteiger partial charge in [0.1, 0.15) is 20.2 Å². The molecule has 0 unspecified atom stereocenters. The molecule has 4 aromatic rings. The van der Waals surface area contributed by atoms with Crippen LogP contribution in [-0.4, -0.2) is 74.8 Å². The smallest absolute Gasteiger partial charge is 0.744 e. The number of fused-ring (bicyclic) bond motifs is 2. The molecule has 0 N–H and O–H groups in total. The largest absolute Gasteiger partial charge is 2.00 e. The van der Waals surface area contributed by atoms with E-state index >= 15 is 0 Å². The minimum absolute atomic E-state index is 0. The van der Waals surface area contributed by atoms with Crippen molar-refractivity contribution in [2.24, 2.45) is 0 Å². The van der Waals surface area contributed by atoms with Crippen molar-refractivity contribution in [3.63, 3.8) is 0 Å². The Kier molecular flexibility index (Phi) is 25.8. The molecular weight excluding hydrogens is 874 g/mol. The summed E-state index contributed by atoms with van der Waals surface area (Å²) in [4.78, 5) is 0.0642. The molecule has 0 bridgehead atoms. The van der Waals surface area contributed by atoms with Crippen molar-refractivity contribution in [2.75, 3.05) is 0 Å².